The van der Waals surface area contributed by atoms with E-state index in [0.717, 1.165) is 4.96 Å². The molecule has 0 saturated carbocycles. The zero-order valence-corrected chi connectivity index (χ0v) is 8.86. The standard InChI is InChI=1S/C9H7N5OS/c10-5-3-11-8(15)13-7(5)6-4-14-1-2-16-9(14)12-6/h1-4H,10H2,(H,11,13,15). The van der Waals surface area contributed by atoms with Crippen LogP contribution in [-0.2, 0) is 0 Å². The van der Waals surface area contributed by atoms with Crippen LogP contribution >= 0.6 is 11.3 Å². The van der Waals surface area contributed by atoms with E-state index >= 15 is 0 Å². The van der Waals surface area contributed by atoms with E-state index in [9.17, 15) is 4.79 Å². The van der Waals surface area contributed by atoms with Crippen LogP contribution in [0, 0.1) is 0 Å². The minimum absolute atomic E-state index is 0.408. The molecule has 0 radical (unpaired) electrons. The summed E-state index contributed by atoms with van der Waals surface area (Å²) in [6.45, 7) is 0. The lowest BCUT2D eigenvalue weighted by atomic mass is 10.3. The summed E-state index contributed by atoms with van der Waals surface area (Å²) in [6.07, 6.45) is 5.04. The van der Waals surface area contributed by atoms with Crippen LogP contribution in [-0.4, -0.2) is 19.4 Å². The summed E-state index contributed by atoms with van der Waals surface area (Å²) in [4.78, 5) is 22.4. The third kappa shape index (κ3) is 1.29. The van der Waals surface area contributed by atoms with Crippen LogP contribution in [0.2, 0.25) is 0 Å². The molecule has 0 aromatic carbocycles. The average Bonchev–Trinajstić information content (AvgIpc) is 2.81. The molecule has 0 saturated heterocycles. The second-order valence-corrected chi connectivity index (χ2v) is 4.11. The van der Waals surface area contributed by atoms with E-state index in [4.69, 9.17) is 5.73 Å². The molecular formula is C9H7N5OS. The van der Waals surface area contributed by atoms with E-state index in [2.05, 4.69) is 15.0 Å². The van der Waals surface area contributed by atoms with Gasteiger partial charge in [0.05, 0.1) is 17.6 Å². The molecule has 6 nitrogen and oxygen atoms in total. The van der Waals surface area contributed by atoms with Gasteiger partial charge in [-0.2, -0.15) is 4.98 Å². The molecule has 0 unspecified atom stereocenters. The Morgan fingerprint density at radius 3 is 3.19 bits per heavy atom. The quantitative estimate of drug-likeness (QED) is 0.648. The lowest BCUT2D eigenvalue weighted by molar-refractivity contribution is 1.08. The Hall–Kier alpha value is -2.15. The number of aromatic amines is 1. The van der Waals surface area contributed by atoms with Crippen LogP contribution in [0.1, 0.15) is 0 Å². The van der Waals surface area contributed by atoms with Crippen molar-refractivity contribution in [2.75, 3.05) is 5.73 Å². The highest BCUT2D eigenvalue weighted by Crippen LogP contribution is 2.22. The number of imidazole rings is 1. The number of hydrogen-bond acceptors (Lipinski definition) is 5. The number of H-pyrrole nitrogens is 1. The fourth-order valence-corrected chi connectivity index (χ4v) is 2.16. The van der Waals surface area contributed by atoms with Gasteiger partial charge in [0.2, 0.25) is 0 Å². The Bertz CT molecular complexity index is 681. The summed E-state index contributed by atoms with van der Waals surface area (Å²) < 4.78 is 1.87. The number of anilines is 1. The Balaban J connectivity index is 2.26. The van der Waals surface area contributed by atoms with Gasteiger partial charge in [0, 0.05) is 17.8 Å². The minimum atomic E-state index is -0.430. The van der Waals surface area contributed by atoms with Crippen molar-refractivity contribution in [3.63, 3.8) is 0 Å². The maximum atomic E-state index is 11.1. The topological polar surface area (TPSA) is 89.1 Å². The van der Waals surface area contributed by atoms with Crippen LogP contribution < -0.4 is 11.4 Å². The van der Waals surface area contributed by atoms with Crippen molar-refractivity contribution in [1.29, 1.82) is 0 Å². The summed E-state index contributed by atoms with van der Waals surface area (Å²) in [6, 6.07) is 0. The van der Waals surface area contributed by atoms with Gasteiger partial charge < -0.3 is 10.7 Å². The molecule has 0 aliphatic rings. The Kier molecular flexibility index (Phi) is 1.80. The third-order valence-corrected chi connectivity index (χ3v) is 2.96. The lowest BCUT2D eigenvalue weighted by Crippen LogP contribution is -2.12. The van der Waals surface area contributed by atoms with Gasteiger partial charge in [-0.15, -0.1) is 11.3 Å². The predicted octanol–water partition coefficient (Wildman–Crippen LogP) is 0.728. The normalized spacial score (nSPS) is 11.0. The van der Waals surface area contributed by atoms with Crippen molar-refractivity contribution in [1.82, 2.24) is 19.4 Å². The Labute approximate surface area is 93.4 Å². The van der Waals surface area contributed by atoms with Gasteiger partial charge in [0.1, 0.15) is 5.69 Å². The molecule has 0 fully saturated rings. The SMILES string of the molecule is Nc1cnc(=O)[nH]c1-c1cn2ccsc2n1. The van der Waals surface area contributed by atoms with Crippen LogP contribution in [0.4, 0.5) is 5.69 Å². The van der Waals surface area contributed by atoms with Crippen molar-refractivity contribution < 1.29 is 0 Å². The van der Waals surface area contributed by atoms with Gasteiger partial charge >= 0.3 is 5.69 Å². The molecule has 3 aromatic rings. The molecule has 3 rings (SSSR count). The molecule has 0 amide bonds. The zero-order chi connectivity index (χ0) is 11.1. The summed E-state index contributed by atoms with van der Waals surface area (Å²) in [7, 11) is 0. The van der Waals surface area contributed by atoms with Crippen molar-refractivity contribution in [3.8, 4) is 11.4 Å². The number of rotatable bonds is 1. The van der Waals surface area contributed by atoms with Gasteiger partial charge in [0.15, 0.2) is 4.96 Å². The molecule has 0 spiro atoms. The van der Waals surface area contributed by atoms with Gasteiger partial charge in [-0.05, 0) is 0 Å². The van der Waals surface area contributed by atoms with Gasteiger partial charge in [-0.1, -0.05) is 0 Å². The van der Waals surface area contributed by atoms with Crippen molar-refractivity contribution in [3.05, 3.63) is 34.5 Å². The zero-order valence-electron chi connectivity index (χ0n) is 8.04. The summed E-state index contributed by atoms with van der Waals surface area (Å²) in [5, 5.41) is 1.94. The molecule has 0 aliphatic heterocycles. The van der Waals surface area contributed by atoms with E-state index in [-0.39, 0.29) is 0 Å². The fraction of sp³-hybridized carbons (Fsp3) is 0. The first-order chi connectivity index (χ1) is 7.74. The lowest BCUT2D eigenvalue weighted by Gasteiger charge is -1.99. The van der Waals surface area contributed by atoms with E-state index in [1.807, 2.05) is 22.2 Å². The first kappa shape index (κ1) is 9.10. The Morgan fingerprint density at radius 2 is 2.38 bits per heavy atom. The molecule has 3 aromatic heterocycles. The highest BCUT2D eigenvalue weighted by atomic mass is 32.1. The number of nitrogens with zero attached hydrogens (tertiary/aromatic N) is 3. The summed E-state index contributed by atoms with van der Waals surface area (Å²) >= 11 is 1.52. The number of thiazole rings is 1. The number of nitrogens with two attached hydrogens (primary N) is 1. The molecule has 3 N–H and O–H groups in total. The summed E-state index contributed by atoms with van der Waals surface area (Å²) in [5.74, 6) is 0. The number of fused-ring (bicyclic) bond motifs is 1. The predicted molar refractivity (Wildman–Crippen MR) is 61.3 cm³/mol. The van der Waals surface area contributed by atoms with Crippen LogP contribution in [0.15, 0.2) is 28.8 Å². The molecule has 80 valence electrons. The summed E-state index contributed by atoms with van der Waals surface area (Å²) in [5.41, 5.74) is 6.86. The number of nitrogen functional groups attached to an aromatic ring is 1. The molecule has 0 bridgehead atoms. The first-order valence-electron chi connectivity index (χ1n) is 4.51. The highest BCUT2D eigenvalue weighted by Gasteiger charge is 2.09. The Morgan fingerprint density at radius 1 is 1.50 bits per heavy atom. The maximum absolute atomic E-state index is 11.1. The van der Waals surface area contributed by atoms with Gasteiger partial charge in [0.25, 0.3) is 0 Å². The second kappa shape index (κ2) is 3.17. The monoisotopic (exact) mass is 233 g/mol. The van der Waals surface area contributed by atoms with Crippen LogP contribution in [0.25, 0.3) is 16.3 Å². The number of hydrogen-bond donors (Lipinski definition) is 2. The first-order valence-corrected chi connectivity index (χ1v) is 5.39. The molecular weight excluding hydrogens is 226 g/mol. The minimum Gasteiger partial charge on any atom is -0.396 e. The number of nitrogens with one attached hydrogen (secondary N) is 1. The highest BCUT2D eigenvalue weighted by molar-refractivity contribution is 7.15. The third-order valence-electron chi connectivity index (χ3n) is 2.19. The second-order valence-electron chi connectivity index (χ2n) is 3.24. The average molecular weight is 233 g/mol. The molecule has 3 heterocycles. The molecule has 0 atom stereocenters. The van der Waals surface area contributed by atoms with Crippen molar-refractivity contribution >= 4 is 22.0 Å². The van der Waals surface area contributed by atoms with Gasteiger partial charge in [-0.25, -0.2) is 9.78 Å². The molecule has 16 heavy (non-hydrogen) atoms. The van der Waals surface area contributed by atoms with Crippen molar-refractivity contribution in [2.24, 2.45) is 0 Å². The van der Waals surface area contributed by atoms with E-state index in [1.165, 1.54) is 17.5 Å². The van der Waals surface area contributed by atoms with E-state index in [1.54, 1.807) is 0 Å². The van der Waals surface area contributed by atoms with Crippen molar-refractivity contribution in [2.45, 2.75) is 0 Å². The van der Waals surface area contributed by atoms with E-state index in [0.29, 0.717) is 17.1 Å². The molecule has 7 heteroatoms. The smallest absolute Gasteiger partial charge is 0.345 e. The van der Waals surface area contributed by atoms with Gasteiger partial charge in [-0.3, -0.25) is 4.40 Å². The largest absolute Gasteiger partial charge is 0.396 e. The van der Waals surface area contributed by atoms with Crippen LogP contribution in [0.3, 0.4) is 0 Å². The van der Waals surface area contributed by atoms with E-state index < -0.39 is 5.69 Å². The fourth-order valence-electron chi connectivity index (χ4n) is 1.46. The molecule has 0 aliphatic carbocycles. The maximum Gasteiger partial charge on any atom is 0.345 e. The van der Waals surface area contributed by atoms with Crippen LogP contribution in [0.5, 0.6) is 0 Å². The number of aromatic nitrogens is 4.